The fourth-order valence-corrected chi connectivity index (χ4v) is 18.4. The van der Waals surface area contributed by atoms with Crippen molar-refractivity contribution in [2.75, 3.05) is 60.7 Å². The van der Waals surface area contributed by atoms with E-state index < -0.39 is 0 Å². The third-order valence-corrected chi connectivity index (χ3v) is 25.1. The Kier molecular flexibility index (Phi) is 20.4. The summed E-state index contributed by atoms with van der Waals surface area (Å²) in [6.07, 6.45) is 18.3. The van der Waals surface area contributed by atoms with Crippen LogP contribution >= 0.6 is 0 Å². The number of nitrogens with zero attached hydrogens (tertiary/aromatic N) is 14. The molecule has 0 unspecified atom stereocenters. The Morgan fingerprint density at radius 2 is 0.667 bits per heavy atom. The molecule has 10 aromatic carbocycles. The quantitative estimate of drug-likeness (QED) is 0.0671. The fourth-order valence-electron chi connectivity index (χ4n) is 18.4. The molecular weight excluding hydrogens is 1730 g/mol. The number of fused-ring (bicyclic) bond motifs is 36. The topological polar surface area (TPSA) is 400 Å². The van der Waals surface area contributed by atoms with Crippen LogP contribution in [0.5, 0.6) is 17.2 Å². The SMILES string of the molecule is O=C1CCCc2cccc(c2)-c2cccc3[nH]c(nc23)-c2n[nH]c3ccc(nc23)-c2cncc(c2)N1.c1cc2cc(c1)-c1cccc3[nH]c(nc13)-c1n[nH]c3ccc(cc13)-c1cncc(c1)NCCO2.c1cc2cc(c1)-c1cccc3[nH]c(nc13)-c1n[nH]c3ccc(cc13)-c1cncc(c1)NCCO2.c1cc2cc(c1)-c1nccc3[nH]c(nc13)-c1n[nH]c3ccc(cc13)-c1cncc(c1)NCCO2. The Morgan fingerprint density at radius 3 is 1.17 bits per heavy atom. The molecule has 0 fully saturated rings. The van der Waals surface area contributed by atoms with Gasteiger partial charge in [-0.05, 0) is 185 Å². The third kappa shape index (κ3) is 15.8. The van der Waals surface area contributed by atoms with Gasteiger partial charge in [0.15, 0.2) is 29.0 Å². The predicted molar refractivity (Wildman–Crippen MR) is 539 cm³/mol. The molecule has 666 valence electrons. The molecule has 32 bridgehead atoms. The van der Waals surface area contributed by atoms with Crippen LogP contribution in [-0.4, -0.2) is 156 Å². The van der Waals surface area contributed by atoms with Gasteiger partial charge in [-0.15, -0.1) is 0 Å². The fraction of sp³-hybridized carbons (Fsp3) is 0.0833. The Morgan fingerprint density at radius 1 is 0.275 bits per heavy atom. The summed E-state index contributed by atoms with van der Waals surface area (Å²) in [6.45, 7) is 3.57. The molecule has 0 saturated carbocycles. The standard InChI is InChI=1S/C28H21N7O.2C27H20N6O.C26H19N7O/c36-24-9-2-5-16-4-1-6-17(12-16)20-7-3-8-22-25(20)33-28(32-22)27-26-23(34-35-27)11-10-21(31-26)18-13-19(30-24)15-29-14-18;2*1-3-17-12-20(4-1)34-10-9-29-19-11-18(14-28-15-19)16-7-8-23-22(13-16)26(33-32-23)27-30-24-6-2-5-21(17)25(24)31-27;1-2-16-11-19(3-1)34-9-8-28-18-10-17(13-27-14-18)15-4-5-21-20(12-15)24(33-32-21)26-30-22-6-7-29-23(16)25(22)31-26/h1,3-4,6-8,10-15H,2,5,9H2,(H,30,36)(H,32,33)(H,34,35);2*1-8,11-15,29H,9-10H2,(H,30,31)(H,32,33);1-7,10-14,28H,8-9H2,(H,30,31)(H,32,33). The summed E-state index contributed by atoms with van der Waals surface area (Å²) in [5.74, 6) is 5.20. The average Bonchev–Trinajstić information content (AvgIpc) is 1.62. The summed E-state index contributed by atoms with van der Waals surface area (Å²) >= 11 is 0. The second-order valence-electron chi connectivity index (χ2n) is 34.0. The zero-order valence-electron chi connectivity index (χ0n) is 73.6. The van der Waals surface area contributed by atoms with Crippen molar-refractivity contribution >= 4 is 117 Å². The van der Waals surface area contributed by atoms with E-state index in [1.165, 1.54) is 5.56 Å². The predicted octanol–water partition coefficient (Wildman–Crippen LogP) is 21.8. The number of para-hydroxylation sites is 3. The second kappa shape index (κ2) is 34.7. The Hall–Kier alpha value is -18.9. The first kappa shape index (κ1) is 81.1. The minimum absolute atomic E-state index is 0.0305. The average molecular weight is 1810 g/mol. The molecular formula is C108H80N26O4. The smallest absolute Gasteiger partial charge is 0.224 e. The number of aromatic nitrogens is 22. The number of amides is 1. The van der Waals surface area contributed by atoms with Gasteiger partial charge in [-0.25, -0.2) is 24.9 Å². The van der Waals surface area contributed by atoms with Crippen LogP contribution in [0, 0.1) is 0 Å². The number of H-pyrrole nitrogens is 8. The summed E-state index contributed by atoms with van der Waals surface area (Å²) in [5.41, 5.74) is 35.2. The lowest BCUT2D eigenvalue weighted by Crippen LogP contribution is -2.11. The van der Waals surface area contributed by atoms with Crippen LogP contribution in [0.2, 0.25) is 0 Å². The van der Waals surface area contributed by atoms with E-state index in [0.717, 1.165) is 248 Å². The Bertz CT molecular complexity index is 8260. The molecule has 12 N–H and O–H groups in total. The highest BCUT2D eigenvalue weighted by molar-refractivity contribution is 6.04. The number of rotatable bonds is 0. The van der Waals surface area contributed by atoms with Gasteiger partial charge in [0.1, 0.15) is 65.2 Å². The number of pyridine rings is 6. The number of carbonyl (C=O) groups excluding carboxylic acids is 1. The van der Waals surface area contributed by atoms with Crippen molar-refractivity contribution in [2.24, 2.45) is 0 Å². The van der Waals surface area contributed by atoms with Crippen LogP contribution in [0.3, 0.4) is 0 Å². The molecule has 30 heteroatoms. The van der Waals surface area contributed by atoms with E-state index in [1.54, 1.807) is 18.6 Å². The zero-order chi connectivity index (χ0) is 91.5. The first-order valence-electron chi connectivity index (χ1n) is 45.4. The molecule has 4 aliphatic heterocycles. The van der Waals surface area contributed by atoms with Gasteiger partial charge in [0.25, 0.3) is 0 Å². The highest BCUT2D eigenvalue weighted by Crippen LogP contribution is 2.42. The minimum atomic E-state index is -0.0305. The lowest BCUT2D eigenvalue weighted by molar-refractivity contribution is -0.116. The van der Waals surface area contributed by atoms with Gasteiger partial charge >= 0.3 is 0 Å². The Labute approximate surface area is 784 Å². The van der Waals surface area contributed by atoms with Gasteiger partial charge in [0.2, 0.25) is 5.91 Å². The molecule has 0 atom stereocenters. The van der Waals surface area contributed by atoms with E-state index in [9.17, 15) is 4.79 Å². The maximum Gasteiger partial charge on any atom is 0.224 e. The molecule has 18 heterocycles. The lowest BCUT2D eigenvalue weighted by atomic mass is 9.99. The zero-order valence-corrected chi connectivity index (χ0v) is 73.6. The van der Waals surface area contributed by atoms with Crippen molar-refractivity contribution in [1.29, 1.82) is 0 Å². The Balaban J connectivity index is 0.0000000975. The molecule has 1 amide bonds. The first-order valence-corrected chi connectivity index (χ1v) is 45.4. The van der Waals surface area contributed by atoms with Crippen molar-refractivity contribution in [3.8, 4) is 153 Å². The maximum absolute atomic E-state index is 12.6. The van der Waals surface area contributed by atoms with E-state index in [2.05, 4.69) is 228 Å². The molecule has 28 rings (SSSR count). The molecule has 24 aromatic rings. The number of hydrogen-bond donors (Lipinski definition) is 12. The number of benzene rings is 10. The summed E-state index contributed by atoms with van der Waals surface area (Å²) < 4.78 is 18.1. The maximum atomic E-state index is 12.6. The summed E-state index contributed by atoms with van der Waals surface area (Å²) in [4.78, 5) is 73.5. The molecule has 138 heavy (non-hydrogen) atoms. The van der Waals surface area contributed by atoms with E-state index in [-0.39, 0.29) is 5.91 Å². The second-order valence-corrected chi connectivity index (χ2v) is 34.0. The van der Waals surface area contributed by atoms with Crippen molar-refractivity contribution in [3.05, 3.63) is 310 Å². The number of aryl methyl sites for hydroxylation is 1. The van der Waals surface area contributed by atoms with Crippen LogP contribution in [0.1, 0.15) is 18.4 Å². The number of ether oxygens (including phenoxy) is 3. The lowest BCUT2D eigenvalue weighted by Gasteiger charge is -2.11. The van der Waals surface area contributed by atoms with Gasteiger partial charge in [-0.2, -0.15) is 20.4 Å². The molecule has 0 radical (unpaired) electrons. The highest BCUT2D eigenvalue weighted by Gasteiger charge is 2.25. The third-order valence-electron chi connectivity index (χ3n) is 25.1. The van der Waals surface area contributed by atoms with Crippen molar-refractivity contribution in [1.82, 2.24) is 111 Å². The number of carbonyl (C=O) groups is 1. The van der Waals surface area contributed by atoms with Crippen molar-refractivity contribution in [2.45, 2.75) is 19.3 Å². The number of hydrogen-bond acceptors (Lipinski definition) is 21. The van der Waals surface area contributed by atoms with E-state index in [4.69, 9.17) is 39.1 Å². The van der Waals surface area contributed by atoms with E-state index in [1.807, 2.05) is 165 Å². The van der Waals surface area contributed by atoms with E-state index >= 15 is 0 Å². The van der Waals surface area contributed by atoms with Crippen LogP contribution in [0.25, 0.3) is 223 Å². The van der Waals surface area contributed by atoms with Gasteiger partial charge in [-0.1, -0.05) is 115 Å². The normalized spacial score (nSPS) is 13.1. The summed E-state index contributed by atoms with van der Waals surface area (Å²) in [7, 11) is 0. The summed E-state index contributed by atoms with van der Waals surface area (Å²) in [6, 6.07) is 83.9. The van der Waals surface area contributed by atoms with Crippen LogP contribution in [-0.2, 0) is 11.2 Å². The molecule has 14 aromatic heterocycles. The molecule has 0 aliphatic carbocycles. The van der Waals surface area contributed by atoms with Crippen molar-refractivity contribution < 1.29 is 19.0 Å². The van der Waals surface area contributed by atoms with Gasteiger partial charge in [0, 0.05) is 136 Å². The summed E-state index contributed by atoms with van der Waals surface area (Å²) in [5, 5.41) is 47.0. The van der Waals surface area contributed by atoms with Crippen LogP contribution in [0.4, 0.5) is 22.7 Å². The van der Waals surface area contributed by atoms with Gasteiger partial charge in [0.05, 0.1) is 101 Å². The molecule has 0 spiro atoms. The van der Waals surface area contributed by atoms with Crippen LogP contribution in [0.15, 0.2) is 304 Å². The first-order chi connectivity index (χ1) is 68.2. The number of aromatic amines is 8. The highest BCUT2D eigenvalue weighted by atomic mass is 16.5. The largest absolute Gasteiger partial charge is 0.492 e. The van der Waals surface area contributed by atoms with Gasteiger partial charge < -0.3 is 55.4 Å². The number of imidazole rings is 4. The molecule has 4 aliphatic rings. The number of anilines is 4. The van der Waals surface area contributed by atoms with Crippen LogP contribution < -0.4 is 35.5 Å². The number of nitrogens with one attached hydrogen (secondary N) is 12. The van der Waals surface area contributed by atoms with Gasteiger partial charge in [-0.3, -0.25) is 50.1 Å². The monoisotopic (exact) mass is 1800 g/mol. The molecule has 30 nitrogen and oxygen atoms in total. The molecule has 0 saturated heterocycles. The van der Waals surface area contributed by atoms with Crippen molar-refractivity contribution in [3.63, 3.8) is 0 Å². The van der Waals surface area contributed by atoms with E-state index in [0.29, 0.717) is 74.4 Å². The minimum Gasteiger partial charge on any atom is -0.492 e.